The lowest BCUT2D eigenvalue weighted by atomic mass is 10.1. The Balaban J connectivity index is 1.77. The highest BCUT2D eigenvalue weighted by atomic mass is 16.5. The molecule has 2 aromatic carbocycles. The summed E-state index contributed by atoms with van der Waals surface area (Å²) in [5, 5.41) is 7.80. The van der Waals surface area contributed by atoms with E-state index in [0.717, 1.165) is 33.5 Å². The van der Waals surface area contributed by atoms with Crippen molar-refractivity contribution in [1.82, 2.24) is 5.16 Å². The Morgan fingerprint density at radius 1 is 1.22 bits per heavy atom. The summed E-state index contributed by atoms with van der Waals surface area (Å²) < 4.78 is 10.5. The minimum absolute atomic E-state index is 0.135. The fourth-order valence-corrected chi connectivity index (χ4v) is 2.60. The molecule has 5 heteroatoms. The van der Waals surface area contributed by atoms with Crippen LogP contribution in [0, 0.1) is 13.8 Å². The van der Waals surface area contributed by atoms with Crippen molar-refractivity contribution in [2.24, 2.45) is 0 Å². The monoisotopic (exact) mass is 310 g/mol. The molecule has 0 spiro atoms. The summed E-state index contributed by atoms with van der Waals surface area (Å²) in [5.74, 6) is 0.612. The van der Waals surface area contributed by atoms with Gasteiger partial charge in [-0.2, -0.15) is 0 Å². The molecule has 0 saturated carbocycles. The predicted molar refractivity (Wildman–Crippen MR) is 88.8 cm³/mol. The zero-order valence-electron chi connectivity index (χ0n) is 13.3. The van der Waals surface area contributed by atoms with Crippen LogP contribution in [0.1, 0.15) is 16.8 Å². The van der Waals surface area contributed by atoms with Crippen molar-refractivity contribution in [2.75, 3.05) is 12.4 Å². The minimum Gasteiger partial charge on any atom is -0.497 e. The van der Waals surface area contributed by atoms with E-state index in [2.05, 4.69) is 10.5 Å². The zero-order chi connectivity index (χ0) is 16.4. The molecule has 0 atom stereocenters. The van der Waals surface area contributed by atoms with Crippen LogP contribution in [0.25, 0.3) is 11.0 Å². The molecule has 0 bridgehead atoms. The normalized spacial score (nSPS) is 10.7. The topological polar surface area (TPSA) is 64.4 Å². The van der Waals surface area contributed by atoms with E-state index in [1.54, 1.807) is 31.4 Å². The number of hydrogen-bond donors (Lipinski definition) is 1. The Bertz CT molecular complexity index is 851. The first-order valence-electron chi connectivity index (χ1n) is 7.36. The van der Waals surface area contributed by atoms with E-state index in [9.17, 15) is 4.79 Å². The number of aryl methyl sites for hydroxylation is 2. The van der Waals surface area contributed by atoms with E-state index < -0.39 is 0 Å². The van der Waals surface area contributed by atoms with Crippen molar-refractivity contribution < 1.29 is 14.1 Å². The molecule has 1 aromatic heterocycles. The molecular weight excluding hydrogens is 292 g/mol. The minimum atomic E-state index is -0.135. The number of hydrogen-bond acceptors (Lipinski definition) is 4. The summed E-state index contributed by atoms with van der Waals surface area (Å²) in [6, 6.07) is 11.2. The van der Waals surface area contributed by atoms with Gasteiger partial charge in [0, 0.05) is 11.1 Å². The number of benzene rings is 2. The average molecular weight is 310 g/mol. The highest BCUT2D eigenvalue weighted by Gasteiger charge is 2.14. The van der Waals surface area contributed by atoms with Gasteiger partial charge >= 0.3 is 0 Å². The number of carbonyl (C=O) groups excluding carboxylic acids is 1. The summed E-state index contributed by atoms with van der Waals surface area (Å²) in [6.45, 7) is 3.99. The maximum Gasteiger partial charge on any atom is 0.230 e. The molecule has 118 valence electrons. The molecule has 0 radical (unpaired) electrons. The van der Waals surface area contributed by atoms with Crippen LogP contribution in [0.5, 0.6) is 5.75 Å². The van der Waals surface area contributed by atoms with E-state index in [0.29, 0.717) is 5.69 Å². The van der Waals surface area contributed by atoms with Gasteiger partial charge in [-0.3, -0.25) is 4.79 Å². The highest BCUT2D eigenvalue weighted by molar-refractivity contribution is 5.95. The fourth-order valence-electron chi connectivity index (χ4n) is 2.60. The Kier molecular flexibility index (Phi) is 4.02. The van der Waals surface area contributed by atoms with Gasteiger partial charge in [-0.05, 0) is 55.3 Å². The summed E-state index contributed by atoms with van der Waals surface area (Å²) in [6.07, 6.45) is 0.169. The molecule has 0 aliphatic heterocycles. The van der Waals surface area contributed by atoms with Crippen LogP contribution in [-0.2, 0) is 11.2 Å². The van der Waals surface area contributed by atoms with Gasteiger partial charge in [0.05, 0.1) is 13.5 Å². The number of amides is 1. The molecule has 23 heavy (non-hydrogen) atoms. The molecule has 1 N–H and O–H groups in total. The van der Waals surface area contributed by atoms with Crippen molar-refractivity contribution in [2.45, 2.75) is 20.3 Å². The van der Waals surface area contributed by atoms with Crippen LogP contribution in [0.2, 0.25) is 0 Å². The number of rotatable bonds is 4. The predicted octanol–water partition coefficient (Wildman–Crippen LogP) is 3.63. The third kappa shape index (κ3) is 3.18. The molecule has 0 fully saturated rings. The van der Waals surface area contributed by atoms with Crippen LogP contribution >= 0.6 is 0 Å². The average Bonchev–Trinajstić information content (AvgIpc) is 2.91. The van der Waals surface area contributed by atoms with Gasteiger partial charge in [-0.15, -0.1) is 0 Å². The first-order chi connectivity index (χ1) is 11.1. The Morgan fingerprint density at radius 2 is 1.96 bits per heavy atom. The van der Waals surface area contributed by atoms with Crippen molar-refractivity contribution in [3.05, 3.63) is 53.2 Å². The lowest BCUT2D eigenvalue weighted by molar-refractivity contribution is -0.115. The van der Waals surface area contributed by atoms with E-state index in [1.807, 2.05) is 26.0 Å². The lowest BCUT2D eigenvalue weighted by Gasteiger charge is -2.05. The lowest BCUT2D eigenvalue weighted by Crippen LogP contribution is -2.14. The summed E-state index contributed by atoms with van der Waals surface area (Å²) in [5.41, 5.74) is 4.25. The van der Waals surface area contributed by atoms with Gasteiger partial charge in [0.25, 0.3) is 0 Å². The Hall–Kier alpha value is -2.82. The van der Waals surface area contributed by atoms with Gasteiger partial charge in [-0.25, -0.2) is 0 Å². The maximum atomic E-state index is 12.2. The maximum absolute atomic E-state index is 12.2. The van der Waals surface area contributed by atoms with Crippen molar-refractivity contribution in [1.29, 1.82) is 0 Å². The number of fused-ring (bicyclic) bond motifs is 1. The van der Waals surface area contributed by atoms with Crippen molar-refractivity contribution >= 4 is 22.6 Å². The quantitative estimate of drug-likeness (QED) is 0.799. The van der Waals surface area contributed by atoms with Crippen LogP contribution < -0.4 is 10.1 Å². The van der Waals surface area contributed by atoms with E-state index in [4.69, 9.17) is 9.26 Å². The molecule has 0 unspecified atom stereocenters. The number of nitrogens with zero attached hydrogens (tertiary/aromatic N) is 1. The smallest absolute Gasteiger partial charge is 0.230 e. The van der Waals surface area contributed by atoms with Crippen LogP contribution in [0.4, 0.5) is 5.69 Å². The SMILES string of the molecule is COc1ccc(NC(=O)Cc2noc3c(C)cc(C)cc23)cc1. The number of methoxy groups -OCH3 is 1. The van der Waals surface area contributed by atoms with E-state index in [1.165, 1.54) is 0 Å². The molecule has 0 aliphatic carbocycles. The van der Waals surface area contributed by atoms with E-state index in [-0.39, 0.29) is 12.3 Å². The molecule has 3 rings (SSSR count). The largest absolute Gasteiger partial charge is 0.497 e. The van der Waals surface area contributed by atoms with Gasteiger partial charge in [0.1, 0.15) is 11.4 Å². The van der Waals surface area contributed by atoms with Crippen molar-refractivity contribution in [3.8, 4) is 5.75 Å². The highest BCUT2D eigenvalue weighted by Crippen LogP contribution is 2.24. The number of ether oxygens (including phenoxy) is 1. The van der Waals surface area contributed by atoms with Crippen LogP contribution in [0.3, 0.4) is 0 Å². The van der Waals surface area contributed by atoms with Gasteiger partial charge in [-0.1, -0.05) is 11.2 Å². The summed E-state index contributed by atoms with van der Waals surface area (Å²) in [7, 11) is 1.60. The first-order valence-corrected chi connectivity index (χ1v) is 7.36. The Labute approximate surface area is 134 Å². The fraction of sp³-hybridized carbons (Fsp3) is 0.222. The summed E-state index contributed by atoms with van der Waals surface area (Å²) in [4.78, 5) is 12.2. The number of nitrogens with one attached hydrogen (secondary N) is 1. The van der Waals surface area contributed by atoms with E-state index >= 15 is 0 Å². The second-order valence-electron chi connectivity index (χ2n) is 5.54. The Morgan fingerprint density at radius 3 is 2.65 bits per heavy atom. The second-order valence-corrected chi connectivity index (χ2v) is 5.54. The van der Waals surface area contributed by atoms with Crippen LogP contribution in [0.15, 0.2) is 40.9 Å². The van der Waals surface area contributed by atoms with Crippen molar-refractivity contribution in [3.63, 3.8) is 0 Å². The molecule has 5 nitrogen and oxygen atoms in total. The van der Waals surface area contributed by atoms with Gasteiger partial charge < -0.3 is 14.6 Å². The third-order valence-corrected chi connectivity index (χ3v) is 3.68. The number of aromatic nitrogens is 1. The number of anilines is 1. The molecule has 3 aromatic rings. The second kappa shape index (κ2) is 6.12. The van der Waals surface area contributed by atoms with Gasteiger partial charge in [0.2, 0.25) is 5.91 Å². The van der Waals surface area contributed by atoms with Crippen LogP contribution in [-0.4, -0.2) is 18.2 Å². The third-order valence-electron chi connectivity index (χ3n) is 3.68. The molecule has 0 saturated heterocycles. The summed E-state index contributed by atoms with van der Waals surface area (Å²) >= 11 is 0. The van der Waals surface area contributed by atoms with Gasteiger partial charge in [0.15, 0.2) is 5.58 Å². The molecule has 1 amide bonds. The zero-order valence-corrected chi connectivity index (χ0v) is 13.3. The first kappa shape index (κ1) is 15.1. The molecule has 0 aliphatic rings. The number of carbonyl (C=O) groups is 1. The standard InChI is InChI=1S/C18H18N2O3/c1-11-8-12(2)18-15(9-11)16(20-23-18)10-17(21)19-13-4-6-14(22-3)7-5-13/h4-9H,10H2,1-3H3,(H,19,21). The molecule has 1 heterocycles. The molecular formula is C18H18N2O3.